The topological polar surface area (TPSA) is 92.8 Å². The molecule has 3 rings (SSSR count). The van der Waals surface area contributed by atoms with Gasteiger partial charge in [-0.15, -0.1) is 12.4 Å². The van der Waals surface area contributed by atoms with Gasteiger partial charge in [-0.3, -0.25) is 0 Å². The molecular weight excluding hydrogens is 405 g/mol. The summed E-state index contributed by atoms with van der Waals surface area (Å²) in [4.78, 5) is 11.8. The third-order valence-electron chi connectivity index (χ3n) is 3.17. The van der Waals surface area contributed by atoms with E-state index >= 15 is 0 Å². The molecule has 0 saturated heterocycles. The zero-order chi connectivity index (χ0) is 15.7. The number of aromatic nitrogens is 3. The van der Waals surface area contributed by atoms with Gasteiger partial charge in [0.25, 0.3) is 0 Å². The van der Waals surface area contributed by atoms with Crippen LogP contribution in [0.15, 0.2) is 27.3 Å². The predicted octanol–water partition coefficient (Wildman–Crippen LogP) is 3.89. The molecule has 124 valence electrons. The molecule has 9 heteroatoms. The maximum Gasteiger partial charge on any atom is 0.226 e. The number of nitrogens with one attached hydrogen (secondary N) is 2. The Morgan fingerprint density at radius 2 is 2.26 bits per heavy atom. The third kappa shape index (κ3) is 3.98. The lowest BCUT2D eigenvalue weighted by molar-refractivity contribution is 0.518. The number of rotatable bonds is 5. The van der Waals surface area contributed by atoms with Gasteiger partial charge in [-0.05, 0) is 46.6 Å². The van der Waals surface area contributed by atoms with E-state index in [4.69, 9.17) is 21.8 Å². The molecule has 0 spiro atoms. The maximum atomic E-state index is 6.01. The van der Waals surface area contributed by atoms with E-state index in [1.54, 1.807) is 6.26 Å². The lowest BCUT2D eigenvalue weighted by Crippen LogP contribution is -2.18. The van der Waals surface area contributed by atoms with Crippen molar-refractivity contribution < 1.29 is 4.42 Å². The Morgan fingerprint density at radius 3 is 2.91 bits per heavy atom. The fourth-order valence-corrected chi connectivity index (χ4v) is 3.06. The van der Waals surface area contributed by atoms with Crippen molar-refractivity contribution in [1.82, 2.24) is 15.0 Å². The first-order valence-electron chi connectivity index (χ1n) is 6.80. The number of anilines is 1. The number of furan rings is 1. The van der Waals surface area contributed by atoms with Crippen molar-refractivity contribution in [3.8, 4) is 0 Å². The van der Waals surface area contributed by atoms with Gasteiger partial charge in [-0.25, -0.2) is 0 Å². The van der Waals surface area contributed by atoms with Gasteiger partial charge in [0.2, 0.25) is 5.28 Å². The number of hydrogen-bond donors (Lipinski definition) is 3. The number of fused-ring (bicyclic) bond motifs is 1. The molecule has 0 fully saturated rings. The molecule has 1 atom stereocenters. The van der Waals surface area contributed by atoms with E-state index in [0.717, 1.165) is 21.3 Å². The van der Waals surface area contributed by atoms with Crippen LogP contribution in [0, 0.1) is 0 Å². The molecule has 3 aromatic rings. The zero-order valence-electron chi connectivity index (χ0n) is 12.3. The molecule has 0 aliphatic heterocycles. The van der Waals surface area contributed by atoms with E-state index in [2.05, 4.69) is 36.2 Å². The van der Waals surface area contributed by atoms with Gasteiger partial charge in [0, 0.05) is 18.2 Å². The molecule has 0 amide bonds. The Kier molecular flexibility index (Phi) is 5.91. The van der Waals surface area contributed by atoms with Crippen molar-refractivity contribution in [1.29, 1.82) is 0 Å². The molecule has 0 radical (unpaired) electrons. The lowest BCUT2D eigenvalue weighted by atomic mass is 10.2. The second-order valence-electron chi connectivity index (χ2n) is 5.10. The summed E-state index contributed by atoms with van der Waals surface area (Å²) >= 11 is 9.61. The van der Waals surface area contributed by atoms with Crippen LogP contribution in [0.2, 0.25) is 5.28 Å². The molecule has 23 heavy (non-hydrogen) atoms. The van der Waals surface area contributed by atoms with Gasteiger partial charge in [0.15, 0.2) is 0 Å². The van der Waals surface area contributed by atoms with Crippen LogP contribution in [0.1, 0.15) is 18.4 Å². The average Bonchev–Trinajstić information content (AvgIpc) is 3.05. The highest BCUT2D eigenvalue weighted by Crippen LogP contribution is 2.33. The molecule has 0 aliphatic rings. The second kappa shape index (κ2) is 7.53. The maximum absolute atomic E-state index is 6.01. The molecule has 0 unspecified atom stereocenters. The summed E-state index contributed by atoms with van der Waals surface area (Å²) in [5.41, 5.74) is 7.52. The average molecular weight is 421 g/mol. The van der Waals surface area contributed by atoms with Gasteiger partial charge in [0.05, 0.1) is 22.7 Å². The Morgan fingerprint density at radius 1 is 1.48 bits per heavy atom. The monoisotopic (exact) mass is 419 g/mol. The Labute approximate surface area is 152 Å². The third-order valence-corrected chi connectivity index (χ3v) is 4.22. The molecule has 6 nitrogen and oxygen atoms in total. The minimum atomic E-state index is 0. The van der Waals surface area contributed by atoms with Crippen molar-refractivity contribution >= 4 is 56.8 Å². The highest BCUT2D eigenvalue weighted by molar-refractivity contribution is 9.10. The molecule has 0 saturated carbocycles. The van der Waals surface area contributed by atoms with Crippen molar-refractivity contribution in [2.24, 2.45) is 5.73 Å². The van der Waals surface area contributed by atoms with Crippen molar-refractivity contribution in [2.75, 3.05) is 5.32 Å². The second-order valence-corrected chi connectivity index (χ2v) is 6.23. The van der Waals surface area contributed by atoms with Crippen LogP contribution in [-0.4, -0.2) is 21.0 Å². The summed E-state index contributed by atoms with van der Waals surface area (Å²) in [7, 11) is 0. The normalized spacial score (nSPS) is 12.2. The van der Waals surface area contributed by atoms with Gasteiger partial charge in [-0.1, -0.05) is 0 Å². The van der Waals surface area contributed by atoms with E-state index in [9.17, 15) is 0 Å². The van der Waals surface area contributed by atoms with E-state index in [0.29, 0.717) is 24.4 Å². The smallest absolute Gasteiger partial charge is 0.226 e. The largest absolute Gasteiger partial charge is 0.467 e. The molecule has 0 bridgehead atoms. The SMILES string of the molecule is C[C@H](N)Cc1[nH]c2nc(Cl)nc(NCc3ccco3)c2c1Br.Cl. The Hall–Kier alpha value is -1.28. The van der Waals surface area contributed by atoms with Crippen LogP contribution >= 0.6 is 39.9 Å². The molecular formula is C14H16BrCl2N5O. The van der Waals surface area contributed by atoms with Crippen LogP contribution in [-0.2, 0) is 13.0 Å². The van der Waals surface area contributed by atoms with E-state index in [1.165, 1.54) is 0 Å². The number of nitrogens with zero attached hydrogens (tertiary/aromatic N) is 2. The molecule has 0 aromatic carbocycles. The van der Waals surface area contributed by atoms with Crippen LogP contribution < -0.4 is 11.1 Å². The number of halogens is 3. The van der Waals surface area contributed by atoms with E-state index in [-0.39, 0.29) is 23.7 Å². The van der Waals surface area contributed by atoms with Crippen molar-refractivity contribution in [3.05, 3.63) is 39.6 Å². The van der Waals surface area contributed by atoms with Crippen LogP contribution in [0.25, 0.3) is 11.0 Å². The van der Waals surface area contributed by atoms with Crippen molar-refractivity contribution in [3.63, 3.8) is 0 Å². The Balaban J connectivity index is 0.00000192. The van der Waals surface area contributed by atoms with Crippen molar-refractivity contribution in [2.45, 2.75) is 25.9 Å². The van der Waals surface area contributed by atoms with Gasteiger partial charge in [-0.2, -0.15) is 9.97 Å². The summed E-state index contributed by atoms with van der Waals surface area (Å²) in [5, 5.41) is 4.26. The predicted molar refractivity (Wildman–Crippen MR) is 97.2 cm³/mol. The minimum Gasteiger partial charge on any atom is -0.467 e. The lowest BCUT2D eigenvalue weighted by Gasteiger charge is -2.06. The number of nitrogens with two attached hydrogens (primary N) is 1. The molecule has 0 aliphatic carbocycles. The summed E-state index contributed by atoms with van der Waals surface area (Å²) < 4.78 is 6.21. The number of H-pyrrole nitrogens is 1. The summed E-state index contributed by atoms with van der Waals surface area (Å²) in [6.45, 7) is 2.46. The van der Waals surface area contributed by atoms with Gasteiger partial charge < -0.3 is 20.5 Å². The van der Waals surface area contributed by atoms with E-state index in [1.807, 2.05) is 19.1 Å². The first-order chi connectivity index (χ1) is 10.5. The zero-order valence-corrected chi connectivity index (χ0v) is 15.4. The quantitative estimate of drug-likeness (QED) is 0.544. The highest BCUT2D eigenvalue weighted by atomic mass is 79.9. The summed E-state index contributed by atoms with van der Waals surface area (Å²) in [6, 6.07) is 3.76. The molecule has 3 heterocycles. The van der Waals surface area contributed by atoms with Gasteiger partial charge >= 0.3 is 0 Å². The fraction of sp³-hybridized carbons (Fsp3) is 0.286. The molecule has 4 N–H and O–H groups in total. The van der Waals surface area contributed by atoms with Crippen LogP contribution in [0.4, 0.5) is 5.82 Å². The fourth-order valence-electron chi connectivity index (χ4n) is 2.26. The summed E-state index contributed by atoms with van der Waals surface area (Å²) in [6.07, 6.45) is 2.33. The summed E-state index contributed by atoms with van der Waals surface area (Å²) in [5.74, 6) is 1.45. The Bertz CT molecular complexity index is 788. The highest BCUT2D eigenvalue weighted by Gasteiger charge is 2.17. The number of hydrogen-bond acceptors (Lipinski definition) is 5. The first kappa shape index (κ1) is 18.1. The van der Waals surface area contributed by atoms with Crippen LogP contribution in [0.5, 0.6) is 0 Å². The standard InChI is InChI=1S/C14H15BrClN5O.ClH/c1-7(17)5-9-11(15)10-12(18-6-8-3-2-4-22-8)20-14(16)21-13(10)19-9;/h2-4,7H,5-6,17H2,1H3,(H2,18,19,20,21);1H/t7-;/m0./s1. The number of aromatic amines is 1. The minimum absolute atomic E-state index is 0. The van der Waals surface area contributed by atoms with Crippen LogP contribution in [0.3, 0.4) is 0 Å². The first-order valence-corrected chi connectivity index (χ1v) is 7.97. The van der Waals surface area contributed by atoms with Gasteiger partial charge in [0.1, 0.15) is 17.2 Å². The molecule has 3 aromatic heterocycles. The van der Waals surface area contributed by atoms with E-state index < -0.39 is 0 Å².